The Morgan fingerprint density at radius 1 is 0.966 bits per heavy atom. The highest BCUT2D eigenvalue weighted by Crippen LogP contribution is 2.67. The van der Waals surface area contributed by atoms with Crippen LogP contribution in [0.1, 0.15) is 98.8 Å². The van der Waals surface area contributed by atoms with Crippen LogP contribution in [0.3, 0.4) is 0 Å². The third-order valence-corrected chi connectivity index (χ3v) is 10.3. The highest BCUT2D eigenvalue weighted by atomic mass is 16.3. The molecule has 9 atom stereocenters. The highest BCUT2D eigenvalue weighted by molar-refractivity contribution is 5.27. The van der Waals surface area contributed by atoms with Crippen molar-refractivity contribution < 1.29 is 10.2 Å². The van der Waals surface area contributed by atoms with E-state index in [1.165, 1.54) is 50.5 Å². The van der Waals surface area contributed by atoms with Crippen LogP contribution in [0.25, 0.3) is 0 Å². The second-order valence-corrected chi connectivity index (χ2v) is 12.3. The molecule has 2 heteroatoms. The van der Waals surface area contributed by atoms with Crippen molar-refractivity contribution in [3.05, 3.63) is 11.6 Å². The van der Waals surface area contributed by atoms with Gasteiger partial charge in [-0.25, -0.2) is 0 Å². The fourth-order valence-corrected chi connectivity index (χ4v) is 8.65. The molecule has 0 saturated heterocycles. The zero-order chi connectivity index (χ0) is 21.0. The third kappa shape index (κ3) is 3.65. The summed E-state index contributed by atoms with van der Waals surface area (Å²) < 4.78 is 0. The Balaban J connectivity index is 1.54. The van der Waals surface area contributed by atoms with Crippen molar-refractivity contribution in [3.8, 4) is 0 Å². The molecule has 3 unspecified atom stereocenters. The molecule has 29 heavy (non-hydrogen) atoms. The van der Waals surface area contributed by atoms with Gasteiger partial charge in [-0.05, 0) is 91.3 Å². The van der Waals surface area contributed by atoms with Gasteiger partial charge in [-0.1, -0.05) is 65.5 Å². The second-order valence-electron chi connectivity index (χ2n) is 12.3. The lowest BCUT2D eigenvalue weighted by Crippen LogP contribution is -2.54. The van der Waals surface area contributed by atoms with Gasteiger partial charge in [-0.3, -0.25) is 0 Å². The van der Waals surface area contributed by atoms with Gasteiger partial charge in [-0.2, -0.15) is 0 Å². The fourth-order valence-electron chi connectivity index (χ4n) is 8.65. The minimum Gasteiger partial charge on any atom is -0.393 e. The molecule has 2 N–H and O–H groups in total. The second kappa shape index (κ2) is 7.97. The van der Waals surface area contributed by atoms with E-state index in [-0.39, 0.29) is 17.6 Å². The molecule has 0 aliphatic heterocycles. The summed E-state index contributed by atoms with van der Waals surface area (Å²) in [4.78, 5) is 0. The molecule has 2 nitrogen and oxygen atoms in total. The Labute approximate surface area is 179 Å². The molecule has 3 saturated carbocycles. The average Bonchev–Trinajstić information content (AvgIpc) is 3.00. The summed E-state index contributed by atoms with van der Waals surface area (Å²) in [5, 5.41) is 21.5. The van der Waals surface area contributed by atoms with Crippen LogP contribution < -0.4 is 0 Å². The van der Waals surface area contributed by atoms with Crippen LogP contribution in [-0.4, -0.2) is 22.4 Å². The van der Waals surface area contributed by atoms with Gasteiger partial charge in [0.15, 0.2) is 0 Å². The Kier molecular flexibility index (Phi) is 6.01. The first-order valence-electron chi connectivity index (χ1n) is 12.7. The van der Waals surface area contributed by atoms with Crippen LogP contribution in [0.4, 0.5) is 0 Å². The number of aliphatic hydroxyl groups is 2. The molecule has 4 aliphatic carbocycles. The lowest BCUT2D eigenvalue weighted by atomic mass is 9.46. The van der Waals surface area contributed by atoms with E-state index in [1.807, 2.05) is 0 Å². The summed E-state index contributed by atoms with van der Waals surface area (Å²) in [6.45, 7) is 12.2. The van der Waals surface area contributed by atoms with Crippen LogP contribution in [0.5, 0.6) is 0 Å². The minimum atomic E-state index is -0.298. The quantitative estimate of drug-likeness (QED) is 0.525. The summed E-state index contributed by atoms with van der Waals surface area (Å²) in [5.41, 5.74) is 1.99. The first kappa shape index (κ1) is 21.9. The van der Waals surface area contributed by atoms with E-state index in [0.717, 1.165) is 37.0 Å². The van der Waals surface area contributed by atoms with Crippen LogP contribution in [0.2, 0.25) is 0 Å². The largest absolute Gasteiger partial charge is 0.393 e. The molecule has 4 rings (SSSR count). The number of hydrogen-bond acceptors (Lipinski definition) is 2. The number of fused-ring (bicyclic) bond motifs is 5. The van der Waals surface area contributed by atoms with Crippen molar-refractivity contribution in [1.82, 2.24) is 0 Å². The maximum Gasteiger partial charge on any atom is 0.0757 e. The summed E-state index contributed by atoms with van der Waals surface area (Å²) in [6.07, 6.45) is 13.9. The third-order valence-electron chi connectivity index (χ3n) is 10.3. The molecule has 0 heterocycles. The Hall–Kier alpha value is -0.340. The van der Waals surface area contributed by atoms with Gasteiger partial charge in [0.25, 0.3) is 0 Å². The standard InChI is InChI=1S/C27H46O2/c1-17(2)7-6-8-18(3)21-9-10-22-25-23(12-14-27(21,22)5)26(4)13-11-20(28)15-19(26)16-24(25)29/h16-18,20-25,28-29H,6-15H2,1-5H3/t18?,20-,21+,22-,23-,24?,25?,26-,27+/m0/s1. The normalized spacial score (nSPS) is 47.9. The lowest BCUT2D eigenvalue weighted by Gasteiger charge is -2.59. The summed E-state index contributed by atoms with van der Waals surface area (Å²) >= 11 is 0. The Morgan fingerprint density at radius 3 is 2.45 bits per heavy atom. The monoisotopic (exact) mass is 402 g/mol. The van der Waals surface area contributed by atoms with Gasteiger partial charge in [-0.15, -0.1) is 0 Å². The van der Waals surface area contributed by atoms with E-state index in [2.05, 4.69) is 40.7 Å². The van der Waals surface area contributed by atoms with E-state index in [9.17, 15) is 10.2 Å². The van der Waals surface area contributed by atoms with Gasteiger partial charge >= 0.3 is 0 Å². The maximum atomic E-state index is 11.3. The SMILES string of the molecule is CC(C)CCCC(C)[C@H]1CC[C@H]2C3C(O)C=C4C[C@@H](O)CC[C@]4(C)[C@H]3CC[C@]12C. The van der Waals surface area contributed by atoms with Crippen molar-refractivity contribution in [1.29, 1.82) is 0 Å². The van der Waals surface area contributed by atoms with Crippen molar-refractivity contribution in [2.75, 3.05) is 0 Å². The van der Waals surface area contributed by atoms with Crippen LogP contribution >= 0.6 is 0 Å². The van der Waals surface area contributed by atoms with Crippen molar-refractivity contribution in [2.45, 2.75) is 111 Å². The molecule has 0 spiro atoms. The average molecular weight is 403 g/mol. The van der Waals surface area contributed by atoms with Crippen molar-refractivity contribution in [3.63, 3.8) is 0 Å². The Morgan fingerprint density at radius 2 is 1.72 bits per heavy atom. The molecule has 166 valence electrons. The van der Waals surface area contributed by atoms with E-state index in [1.54, 1.807) is 0 Å². The first-order chi connectivity index (χ1) is 13.7. The fraction of sp³-hybridized carbons (Fsp3) is 0.926. The molecule has 0 aromatic carbocycles. The van der Waals surface area contributed by atoms with Gasteiger partial charge in [0, 0.05) is 0 Å². The Bertz CT molecular complexity index is 624. The van der Waals surface area contributed by atoms with E-state index in [4.69, 9.17) is 0 Å². The topological polar surface area (TPSA) is 40.5 Å². The molecule has 4 aliphatic rings. The molecule has 3 fully saturated rings. The van der Waals surface area contributed by atoms with Gasteiger partial charge in [0.05, 0.1) is 12.2 Å². The van der Waals surface area contributed by atoms with E-state index < -0.39 is 0 Å². The van der Waals surface area contributed by atoms with E-state index >= 15 is 0 Å². The molecule has 0 aromatic heterocycles. The van der Waals surface area contributed by atoms with Gasteiger partial charge < -0.3 is 10.2 Å². The van der Waals surface area contributed by atoms with Gasteiger partial charge in [0.2, 0.25) is 0 Å². The lowest BCUT2D eigenvalue weighted by molar-refractivity contribution is -0.0970. The zero-order valence-corrected chi connectivity index (χ0v) is 19.7. The highest BCUT2D eigenvalue weighted by Gasteiger charge is 2.61. The van der Waals surface area contributed by atoms with Gasteiger partial charge in [0.1, 0.15) is 0 Å². The molecule has 0 aromatic rings. The molecule has 0 radical (unpaired) electrons. The molecule has 0 amide bonds. The predicted octanol–water partition coefficient (Wildman–Crippen LogP) is 6.36. The molecular formula is C27H46O2. The summed E-state index contributed by atoms with van der Waals surface area (Å²) in [7, 11) is 0. The predicted molar refractivity (Wildman–Crippen MR) is 120 cm³/mol. The maximum absolute atomic E-state index is 11.3. The van der Waals surface area contributed by atoms with E-state index in [0.29, 0.717) is 23.2 Å². The van der Waals surface area contributed by atoms with Crippen LogP contribution in [0.15, 0.2) is 11.6 Å². The van der Waals surface area contributed by atoms with Crippen molar-refractivity contribution in [2.24, 2.45) is 46.3 Å². The minimum absolute atomic E-state index is 0.200. The zero-order valence-electron chi connectivity index (χ0n) is 19.7. The molecular weight excluding hydrogens is 356 g/mol. The van der Waals surface area contributed by atoms with Crippen molar-refractivity contribution >= 4 is 0 Å². The summed E-state index contributed by atoms with van der Waals surface area (Å²) in [5.74, 6) is 4.18. The number of aliphatic hydroxyl groups excluding tert-OH is 2. The number of rotatable bonds is 5. The van der Waals surface area contributed by atoms with Crippen LogP contribution in [0, 0.1) is 46.3 Å². The summed E-state index contributed by atoms with van der Waals surface area (Å²) in [6, 6.07) is 0. The number of hydrogen-bond donors (Lipinski definition) is 2. The molecule has 0 bridgehead atoms. The smallest absolute Gasteiger partial charge is 0.0757 e. The van der Waals surface area contributed by atoms with Crippen LogP contribution in [-0.2, 0) is 0 Å². The first-order valence-corrected chi connectivity index (χ1v) is 12.7.